The predicted molar refractivity (Wildman–Crippen MR) is 107 cm³/mol. The van der Waals surface area contributed by atoms with Crippen molar-refractivity contribution in [2.75, 3.05) is 30.8 Å². The number of halogens is 1. The quantitative estimate of drug-likeness (QED) is 0.704. The van der Waals surface area contributed by atoms with Crippen molar-refractivity contribution in [3.63, 3.8) is 0 Å². The number of nitrogens with one attached hydrogen (secondary N) is 2. The van der Waals surface area contributed by atoms with Crippen LogP contribution in [0.25, 0.3) is 0 Å². The molecule has 0 unspecified atom stereocenters. The van der Waals surface area contributed by atoms with Gasteiger partial charge in [0.25, 0.3) is 5.91 Å². The minimum atomic E-state index is -0.670. The standard InChI is InChI=1S/C18H23ClN6O3/c1-24-17(14(19)15(23-24)16(20)26)21-11-7-9-25(10-8-11)18(27)22-12-5-3-4-6-13(12)28-2/h3-6,11,21H,7-10H2,1-2H3,(H2,20,26)(H,22,27). The highest BCUT2D eigenvalue weighted by Crippen LogP contribution is 2.28. The number of benzene rings is 1. The van der Waals surface area contributed by atoms with Crippen LogP contribution in [0.15, 0.2) is 24.3 Å². The summed E-state index contributed by atoms with van der Waals surface area (Å²) < 4.78 is 6.76. The molecule has 9 nitrogen and oxygen atoms in total. The Kier molecular flexibility index (Phi) is 5.93. The molecule has 1 aliphatic rings. The summed E-state index contributed by atoms with van der Waals surface area (Å²) in [5.74, 6) is 0.493. The number of aryl methyl sites for hydroxylation is 1. The van der Waals surface area contributed by atoms with Gasteiger partial charge in [0.1, 0.15) is 16.6 Å². The number of anilines is 2. The van der Waals surface area contributed by atoms with Crippen LogP contribution in [-0.2, 0) is 7.05 Å². The Morgan fingerprint density at radius 1 is 1.29 bits per heavy atom. The fourth-order valence-corrected chi connectivity index (χ4v) is 3.48. The highest BCUT2D eigenvalue weighted by molar-refractivity contribution is 6.35. The van der Waals surface area contributed by atoms with E-state index in [9.17, 15) is 9.59 Å². The fourth-order valence-electron chi connectivity index (χ4n) is 3.17. The Hall–Kier alpha value is -2.94. The Morgan fingerprint density at radius 3 is 2.57 bits per heavy atom. The van der Waals surface area contributed by atoms with Crippen LogP contribution in [0.3, 0.4) is 0 Å². The Labute approximate surface area is 167 Å². The predicted octanol–water partition coefficient (Wildman–Crippen LogP) is 2.29. The van der Waals surface area contributed by atoms with E-state index in [1.807, 2.05) is 12.1 Å². The molecule has 28 heavy (non-hydrogen) atoms. The van der Waals surface area contributed by atoms with Crippen LogP contribution in [0.1, 0.15) is 23.3 Å². The van der Waals surface area contributed by atoms with Gasteiger partial charge in [0.05, 0.1) is 12.8 Å². The number of hydrogen-bond donors (Lipinski definition) is 3. The second-order valence-corrected chi connectivity index (χ2v) is 6.91. The lowest BCUT2D eigenvalue weighted by Crippen LogP contribution is -2.44. The van der Waals surface area contributed by atoms with E-state index in [1.165, 1.54) is 4.68 Å². The molecule has 1 saturated heterocycles. The second-order valence-electron chi connectivity index (χ2n) is 6.54. The summed E-state index contributed by atoms with van der Waals surface area (Å²) in [6.45, 7) is 1.16. The number of carbonyl (C=O) groups excluding carboxylic acids is 2. The lowest BCUT2D eigenvalue weighted by atomic mass is 10.1. The maximum atomic E-state index is 12.5. The molecule has 0 aliphatic carbocycles. The first kappa shape index (κ1) is 19.8. The molecule has 0 radical (unpaired) electrons. The van der Waals surface area contributed by atoms with Crippen molar-refractivity contribution in [3.8, 4) is 5.75 Å². The van der Waals surface area contributed by atoms with Crippen LogP contribution in [-0.4, -0.2) is 52.9 Å². The second kappa shape index (κ2) is 8.39. The van der Waals surface area contributed by atoms with E-state index in [2.05, 4.69) is 15.7 Å². The molecule has 1 aromatic heterocycles. The lowest BCUT2D eigenvalue weighted by molar-refractivity contribution is 0.0995. The van der Waals surface area contributed by atoms with Gasteiger partial charge in [0.15, 0.2) is 5.69 Å². The number of amides is 3. The molecule has 4 N–H and O–H groups in total. The molecule has 3 rings (SSSR count). The molecule has 1 fully saturated rings. The monoisotopic (exact) mass is 406 g/mol. The van der Waals surface area contributed by atoms with Crippen molar-refractivity contribution < 1.29 is 14.3 Å². The van der Waals surface area contributed by atoms with Gasteiger partial charge in [-0.1, -0.05) is 23.7 Å². The van der Waals surface area contributed by atoms with Gasteiger partial charge in [0.2, 0.25) is 0 Å². The van der Waals surface area contributed by atoms with Crippen molar-refractivity contribution in [2.24, 2.45) is 12.8 Å². The van der Waals surface area contributed by atoms with E-state index in [-0.39, 0.29) is 22.8 Å². The molecule has 0 atom stereocenters. The van der Waals surface area contributed by atoms with Crippen molar-refractivity contribution in [3.05, 3.63) is 35.0 Å². The van der Waals surface area contributed by atoms with Gasteiger partial charge in [-0.25, -0.2) is 4.79 Å². The summed E-state index contributed by atoms with van der Waals surface area (Å²) in [6, 6.07) is 7.21. The lowest BCUT2D eigenvalue weighted by Gasteiger charge is -2.33. The molecule has 1 aliphatic heterocycles. The molecule has 1 aromatic carbocycles. The number of ether oxygens (including phenoxy) is 1. The number of primary amides is 1. The molecule has 0 bridgehead atoms. The average molecular weight is 407 g/mol. The van der Waals surface area contributed by atoms with Crippen LogP contribution in [0.5, 0.6) is 5.75 Å². The van der Waals surface area contributed by atoms with Gasteiger partial charge < -0.3 is 26.0 Å². The topological polar surface area (TPSA) is 115 Å². The van der Waals surface area contributed by atoms with Crippen molar-refractivity contribution in [2.45, 2.75) is 18.9 Å². The third-order valence-electron chi connectivity index (χ3n) is 4.69. The molecule has 0 spiro atoms. The molecule has 150 valence electrons. The number of hydrogen-bond acceptors (Lipinski definition) is 5. The van der Waals surface area contributed by atoms with Crippen LogP contribution in [0.4, 0.5) is 16.3 Å². The molecular formula is C18H23ClN6O3. The van der Waals surface area contributed by atoms with Crippen molar-refractivity contribution in [1.29, 1.82) is 0 Å². The zero-order chi connectivity index (χ0) is 20.3. The summed E-state index contributed by atoms with van der Waals surface area (Å²) in [5, 5.41) is 10.4. The molecule has 2 aromatic rings. The number of piperidine rings is 1. The van der Waals surface area contributed by atoms with Gasteiger partial charge in [-0.05, 0) is 25.0 Å². The van der Waals surface area contributed by atoms with Crippen LogP contribution in [0, 0.1) is 0 Å². The number of likely N-dealkylation sites (tertiary alicyclic amines) is 1. The van der Waals surface area contributed by atoms with Crippen molar-refractivity contribution >= 4 is 35.0 Å². The number of aromatic nitrogens is 2. The first-order chi connectivity index (χ1) is 13.4. The Morgan fingerprint density at radius 2 is 1.96 bits per heavy atom. The SMILES string of the molecule is COc1ccccc1NC(=O)N1CCC(Nc2c(Cl)c(C(N)=O)nn2C)CC1. The minimum absolute atomic E-state index is 0.0419. The van der Waals surface area contributed by atoms with Gasteiger partial charge >= 0.3 is 6.03 Å². The first-order valence-corrected chi connectivity index (χ1v) is 9.26. The zero-order valence-electron chi connectivity index (χ0n) is 15.7. The summed E-state index contributed by atoms with van der Waals surface area (Å²) >= 11 is 6.21. The van der Waals surface area contributed by atoms with Gasteiger partial charge in [-0.3, -0.25) is 9.48 Å². The zero-order valence-corrected chi connectivity index (χ0v) is 16.5. The van der Waals surface area contributed by atoms with E-state index in [0.717, 1.165) is 12.8 Å². The summed E-state index contributed by atoms with van der Waals surface area (Å²) in [5.41, 5.74) is 5.96. The normalized spacial score (nSPS) is 14.6. The minimum Gasteiger partial charge on any atom is -0.495 e. The maximum Gasteiger partial charge on any atom is 0.321 e. The van der Waals surface area contributed by atoms with Crippen LogP contribution >= 0.6 is 11.6 Å². The number of rotatable bonds is 5. The highest BCUT2D eigenvalue weighted by atomic mass is 35.5. The average Bonchev–Trinajstić information content (AvgIpc) is 2.97. The third-order valence-corrected chi connectivity index (χ3v) is 5.05. The molecule has 2 heterocycles. The van der Waals surface area contributed by atoms with Crippen LogP contribution < -0.4 is 21.1 Å². The summed E-state index contributed by atoms with van der Waals surface area (Å²) in [7, 11) is 3.26. The molecule has 3 amide bonds. The van der Waals surface area contributed by atoms with Gasteiger partial charge in [0, 0.05) is 26.2 Å². The number of nitrogens with two attached hydrogens (primary N) is 1. The van der Waals surface area contributed by atoms with Crippen molar-refractivity contribution in [1.82, 2.24) is 14.7 Å². The molecule has 0 saturated carbocycles. The Balaban J connectivity index is 1.57. The largest absolute Gasteiger partial charge is 0.495 e. The van der Waals surface area contributed by atoms with E-state index >= 15 is 0 Å². The van der Waals surface area contributed by atoms with E-state index < -0.39 is 5.91 Å². The third kappa shape index (κ3) is 4.14. The number of methoxy groups -OCH3 is 1. The number of nitrogens with zero attached hydrogens (tertiary/aromatic N) is 3. The molecule has 10 heteroatoms. The van der Waals surface area contributed by atoms with Gasteiger partial charge in [-0.2, -0.15) is 5.10 Å². The Bertz CT molecular complexity index is 876. The maximum absolute atomic E-state index is 12.5. The number of para-hydroxylation sites is 2. The van der Waals surface area contributed by atoms with Gasteiger partial charge in [-0.15, -0.1) is 0 Å². The fraction of sp³-hybridized carbons (Fsp3) is 0.389. The number of carbonyl (C=O) groups is 2. The first-order valence-electron chi connectivity index (χ1n) is 8.88. The van der Waals surface area contributed by atoms with E-state index in [1.54, 1.807) is 31.2 Å². The highest BCUT2D eigenvalue weighted by Gasteiger charge is 2.26. The smallest absolute Gasteiger partial charge is 0.321 e. The number of urea groups is 1. The summed E-state index contributed by atoms with van der Waals surface area (Å²) in [6.07, 6.45) is 1.46. The molecular weight excluding hydrogens is 384 g/mol. The van der Waals surface area contributed by atoms with Crippen LogP contribution in [0.2, 0.25) is 5.02 Å². The van der Waals surface area contributed by atoms with E-state index in [4.69, 9.17) is 22.1 Å². The summed E-state index contributed by atoms with van der Waals surface area (Å²) in [4.78, 5) is 25.7. The van der Waals surface area contributed by atoms with E-state index in [0.29, 0.717) is 30.3 Å².